The Labute approximate surface area is 833 Å². The summed E-state index contributed by atoms with van der Waals surface area (Å²) >= 11 is 0. The number of hydrogen-bond acceptors (Lipinski definition) is 0. The molecule has 0 aliphatic heterocycles. The van der Waals surface area contributed by atoms with Gasteiger partial charge in [-0.1, -0.05) is 90.0 Å². The zero-order chi connectivity index (χ0) is 104. The van der Waals surface area contributed by atoms with E-state index in [9.17, 15) is 0 Å². The van der Waals surface area contributed by atoms with Crippen LogP contribution >= 0.6 is 0 Å². The van der Waals surface area contributed by atoms with Crippen molar-refractivity contribution in [1.82, 2.24) is 22.8 Å². The second-order valence-electron chi connectivity index (χ2n) is 49.1. The molecule has 5 heteroatoms. The van der Waals surface area contributed by atoms with Gasteiger partial charge < -0.3 is 22.8 Å². The Balaban J connectivity index is 0.000000184. The first-order valence-corrected chi connectivity index (χ1v) is 51.7. The van der Waals surface area contributed by atoms with Crippen LogP contribution in [0.4, 0.5) is 0 Å². The van der Waals surface area contributed by atoms with Crippen LogP contribution in [0.3, 0.4) is 0 Å². The highest BCUT2D eigenvalue weighted by Gasteiger charge is 2.56. The van der Waals surface area contributed by atoms with Crippen molar-refractivity contribution in [3.8, 4) is 33.5 Å². The van der Waals surface area contributed by atoms with Crippen LogP contribution in [0.15, 0.2) is 0 Å². The van der Waals surface area contributed by atoms with Crippen LogP contribution in [0, 0.1) is 307 Å². The summed E-state index contributed by atoms with van der Waals surface area (Å²) in [4.78, 5) is 0. The summed E-state index contributed by atoms with van der Waals surface area (Å²) in [5.41, 5.74) is 84.1. The predicted molar refractivity (Wildman–Crippen MR) is 608 cm³/mol. The first-order chi connectivity index (χ1) is 62.5. The van der Waals surface area contributed by atoms with Gasteiger partial charge in [0.05, 0.1) is 33.3 Å². The Kier molecular flexibility index (Phi) is 27.1. The molecule has 0 radical (unpaired) electrons. The average Bonchev–Trinajstić information content (AvgIpc) is 1.48. The first-order valence-electron chi connectivity index (χ1n) is 51.7. The summed E-state index contributed by atoms with van der Waals surface area (Å²) in [5.74, 6) is 0. The molecular weight excluding hydrogens is 1660 g/mol. The molecule has 736 valence electrons. The molecular formula is C132H183N5. The lowest BCUT2D eigenvalue weighted by Gasteiger charge is -2.42. The van der Waals surface area contributed by atoms with Gasteiger partial charge in [-0.05, 0) is 593 Å². The summed E-state index contributed by atoms with van der Waals surface area (Å²) in [6, 6.07) is 0. The molecule has 1 aliphatic rings. The summed E-state index contributed by atoms with van der Waals surface area (Å²) < 4.78 is 12.9. The molecule has 14 aromatic rings. The summed E-state index contributed by atoms with van der Waals surface area (Å²) in [7, 11) is 9.31. The fourth-order valence-corrected chi connectivity index (χ4v) is 26.8. The van der Waals surface area contributed by atoms with Crippen molar-refractivity contribution in [2.75, 3.05) is 0 Å². The van der Waals surface area contributed by atoms with Crippen LogP contribution in [0.5, 0.6) is 0 Å². The zero-order valence-electron chi connectivity index (χ0n) is 98.7. The van der Waals surface area contributed by atoms with Gasteiger partial charge in [-0.15, -0.1) is 0 Å². The standard InChI is InChI=1S/C59H72N2.C31H45N.2C21H33N/c1-25-26(2)34(10)47(35(11)27(25)3)48-39(15)40(16)52-51-38(14)28(4)31(7)41(17)53(51)59(54(52)44(48)20,57-45(21)49-36(12)29(5)32(8)42(18)55(49)60(57)23)58-46(22)50-37(13)30(6)33(9)43(19)56(50)61(58)24;1-16-17(2)23(8)28-26(18(16)3)24(9)29(32(28)15)25-19(4)21(6)27(22(7)20(25)5)31(13,14)30(10,11)12;1-12-13(2)15(4)18-17(14(12)3)16(5)19(22(18)11)21(9,10)20(6,7)8;1-12-13(2)15(4)19-18(14(12)3)16(5)17(6)22(19)21(10,11)20(7,8)9/h1-24H3;1-15H3;2*1-11H3. The molecule has 0 saturated heterocycles. The molecule has 0 amide bonds. The van der Waals surface area contributed by atoms with Crippen molar-refractivity contribution in [2.24, 2.45) is 44.4 Å². The van der Waals surface area contributed by atoms with E-state index < -0.39 is 5.41 Å². The third-order valence-corrected chi connectivity index (χ3v) is 40.5. The molecule has 1 aliphatic carbocycles. The van der Waals surface area contributed by atoms with Crippen molar-refractivity contribution in [1.29, 1.82) is 0 Å². The number of hydrogen-bond donors (Lipinski definition) is 0. The van der Waals surface area contributed by atoms with Crippen molar-refractivity contribution < 1.29 is 0 Å². The van der Waals surface area contributed by atoms with Crippen LogP contribution in [-0.4, -0.2) is 22.8 Å². The van der Waals surface area contributed by atoms with E-state index in [4.69, 9.17) is 0 Å². The van der Waals surface area contributed by atoms with Gasteiger partial charge in [0.1, 0.15) is 5.41 Å². The minimum atomic E-state index is -0.650. The highest BCUT2D eigenvalue weighted by atomic mass is 15.1. The van der Waals surface area contributed by atoms with E-state index in [1.807, 2.05) is 0 Å². The maximum atomic E-state index is 2.67. The maximum Gasteiger partial charge on any atom is 0.103 e. The number of nitrogens with zero attached hydrogens (tertiary/aromatic N) is 5. The lowest BCUT2D eigenvalue weighted by molar-refractivity contribution is 0.143. The molecule has 9 aromatic carbocycles. The molecule has 15 rings (SSSR count). The van der Waals surface area contributed by atoms with Gasteiger partial charge >= 0.3 is 0 Å². The third-order valence-electron chi connectivity index (χ3n) is 40.5. The largest absolute Gasteiger partial charge is 0.347 e. The van der Waals surface area contributed by atoms with Gasteiger partial charge in [-0.3, -0.25) is 0 Å². The monoisotopic (exact) mass is 1840 g/mol. The van der Waals surface area contributed by atoms with E-state index in [2.05, 4.69) is 446 Å². The second-order valence-corrected chi connectivity index (χ2v) is 49.1. The van der Waals surface area contributed by atoms with Gasteiger partial charge in [-0.2, -0.15) is 0 Å². The van der Waals surface area contributed by atoms with Crippen LogP contribution in [0.25, 0.3) is 88.0 Å². The minimum absolute atomic E-state index is 0.0580. The molecule has 5 heterocycles. The van der Waals surface area contributed by atoms with Crippen LogP contribution < -0.4 is 0 Å². The highest BCUT2D eigenvalue weighted by Crippen LogP contribution is 2.66. The number of aromatic nitrogens is 5. The average molecular weight is 1840 g/mol. The molecule has 5 aromatic heterocycles. The van der Waals surface area contributed by atoms with Gasteiger partial charge in [0, 0.05) is 94.4 Å². The van der Waals surface area contributed by atoms with Crippen LogP contribution in [0.1, 0.15) is 371 Å². The van der Waals surface area contributed by atoms with Gasteiger partial charge in [-0.25, -0.2) is 0 Å². The number of rotatable bonds is 7. The Morgan fingerprint density at radius 1 is 0.175 bits per heavy atom. The SMILES string of the molecule is Cc1c(C)c(C(C)(C)C(C)(C)C)c(C)c(C)c1-c1c(C)c2c(C)c(C)c(C)c(C)c2n1C.Cc1c(C)c(C)c(-c2c(C)c(C)c3c(c2C)C(c2c(C)c4c(C)c(C)c(C)c(C)c4n2C)(c2c(C)c4c(C)c(C)c(C)c(C)c4n2C)c2c(C)c(C)c(C)c(C)c2-3)c(C)c1C.Cc1c(C)c(C)c2c(c1C)c(C)c(C(C)(C)C(C)(C)C)n2C.Cc1c(C)c(C)c2c(c1C)c(C)c(C)n2C(C)(C)C(C)(C)C. The van der Waals surface area contributed by atoms with Crippen molar-refractivity contribution >= 4 is 54.5 Å². The van der Waals surface area contributed by atoms with Crippen molar-refractivity contribution in [3.63, 3.8) is 0 Å². The molecule has 0 atom stereocenters. The first kappa shape index (κ1) is 107. The van der Waals surface area contributed by atoms with Crippen LogP contribution in [0.2, 0.25) is 0 Å². The molecule has 0 bridgehead atoms. The minimum Gasteiger partial charge on any atom is -0.347 e. The Bertz CT molecular complexity index is 7170. The summed E-state index contributed by atoms with van der Waals surface area (Å²) in [6.07, 6.45) is 0. The van der Waals surface area contributed by atoms with E-state index in [-0.39, 0.29) is 32.6 Å². The summed E-state index contributed by atoms with van der Waals surface area (Å²) in [6.45, 7) is 134. The lowest BCUT2D eigenvalue weighted by atomic mass is 9.62. The molecule has 0 unspecified atom stereocenters. The highest BCUT2D eigenvalue weighted by molar-refractivity contribution is 6.04. The fourth-order valence-electron chi connectivity index (χ4n) is 26.8. The molecule has 0 spiro atoms. The smallest absolute Gasteiger partial charge is 0.103 e. The van der Waals surface area contributed by atoms with E-state index in [1.165, 1.54) is 356 Å². The topological polar surface area (TPSA) is 24.6 Å². The Morgan fingerprint density at radius 2 is 0.416 bits per heavy atom. The van der Waals surface area contributed by atoms with E-state index >= 15 is 0 Å². The number of benzene rings is 9. The van der Waals surface area contributed by atoms with Crippen molar-refractivity contribution in [2.45, 2.75) is 416 Å². The van der Waals surface area contributed by atoms with E-state index in [1.54, 1.807) is 0 Å². The van der Waals surface area contributed by atoms with Gasteiger partial charge in [0.2, 0.25) is 0 Å². The molecule has 0 N–H and O–H groups in total. The fraction of sp³-hybridized carbons (Fsp3) is 0.515. The normalized spacial score (nSPS) is 13.2. The number of fused-ring (bicyclic) bond motifs is 8. The quantitative estimate of drug-likeness (QED) is 0.152. The molecule has 0 fully saturated rings. The molecule has 0 saturated carbocycles. The van der Waals surface area contributed by atoms with Gasteiger partial charge in [0.15, 0.2) is 0 Å². The summed E-state index contributed by atoms with van der Waals surface area (Å²) in [5, 5.41) is 7.21. The Morgan fingerprint density at radius 3 is 0.759 bits per heavy atom. The third kappa shape index (κ3) is 14.6. The van der Waals surface area contributed by atoms with E-state index in [0.717, 1.165) is 0 Å². The van der Waals surface area contributed by atoms with Gasteiger partial charge in [0.25, 0.3) is 0 Å². The van der Waals surface area contributed by atoms with E-state index in [0.29, 0.717) is 0 Å². The van der Waals surface area contributed by atoms with Crippen LogP contribution in [-0.2, 0) is 50.0 Å². The Hall–Kier alpha value is -9.32. The predicted octanol–water partition coefficient (Wildman–Crippen LogP) is 36.7. The molecule has 5 nitrogen and oxygen atoms in total. The lowest BCUT2D eigenvalue weighted by Crippen LogP contribution is -2.40. The molecule has 137 heavy (non-hydrogen) atoms. The maximum absolute atomic E-state index is 2.67. The number of aryl methyl sites for hydroxylation is 19. The second kappa shape index (κ2) is 34.8. The zero-order valence-corrected chi connectivity index (χ0v) is 98.7. The van der Waals surface area contributed by atoms with Crippen molar-refractivity contribution in [3.05, 3.63) is 268 Å².